The third-order valence-corrected chi connectivity index (χ3v) is 5.56. The molecule has 0 radical (unpaired) electrons. The van der Waals surface area contributed by atoms with Gasteiger partial charge < -0.3 is 16.2 Å². The summed E-state index contributed by atoms with van der Waals surface area (Å²) in [5.41, 5.74) is 6.27. The molecule has 0 aliphatic heterocycles. The zero-order valence-electron chi connectivity index (χ0n) is 11.8. The summed E-state index contributed by atoms with van der Waals surface area (Å²) in [6, 6.07) is 4.75. The molecule has 2 rings (SSSR count). The first-order chi connectivity index (χ1) is 9.18. The van der Waals surface area contributed by atoms with Crippen LogP contribution in [0.15, 0.2) is 23.1 Å². The molecule has 2 atom stereocenters. The zero-order chi connectivity index (χ0) is 15.1. The van der Waals surface area contributed by atoms with E-state index in [9.17, 15) is 13.5 Å². The van der Waals surface area contributed by atoms with Gasteiger partial charge in [0.1, 0.15) is 4.90 Å². The summed E-state index contributed by atoms with van der Waals surface area (Å²) >= 11 is 0. The Bertz CT molecular complexity index is 613. The molecule has 5 N–H and O–H groups in total. The average molecular weight is 299 g/mol. The lowest BCUT2D eigenvalue weighted by Crippen LogP contribution is -2.57. The first-order valence-electron chi connectivity index (χ1n) is 6.46. The minimum absolute atomic E-state index is 0.0203. The summed E-state index contributed by atoms with van der Waals surface area (Å²) in [7, 11) is -2.23. The van der Waals surface area contributed by atoms with Gasteiger partial charge in [-0.15, -0.1) is 0 Å². The topological polar surface area (TPSA) is 104 Å². The number of nitrogen functional groups attached to an aromatic ring is 1. The van der Waals surface area contributed by atoms with Crippen molar-refractivity contribution in [2.75, 3.05) is 18.1 Å². The number of rotatable bonds is 4. The smallest absolute Gasteiger partial charge is 0.242 e. The Morgan fingerprint density at radius 2 is 2.05 bits per heavy atom. The molecule has 6 nitrogen and oxygen atoms in total. The molecule has 1 fully saturated rings. The highest BCUT2D eigenvalue weighted by Crippen LogP contribution is 2.43. The van der Waals surface area contributed by atoms with E-state index in [1.54, 1.807) is 12.1 Å². The first-order valence-corrected chi connectivity index (χ1v) is 7.94. The standard InChI is InChI=1S/C13H21N3O3S/c1-13(2)11(7-12(13)17)16-9-5-4-8(14)6-10(9)20(18,19)15-3/h4-6,11-12,15-17H,7,14H2,1-3H3. The molecule has 0 spiro atoms. The summed E-state index contributed by atoms with van der Waals surface area (Å²) in [6.45, 7) is 3.89. The highest BCUT2D eigenvalue weighted by Gasteiger charge is 2.47. The van der Waals surface area contributed by atoms with Gasteiger partial charge in [0.05, 0.1) is 11.8 Å². The monoisotopic (exact) mass is 299 g/mol. The highest BCUT2D eigenvalue weighted by molar-refractivity contribution is 7.89. The van der Waals surface area contributed by atoms with Crippen LogP contribution in [0.2, 0.25) is 0 Å². The van der Waals surface area contributed by atoms with Crippen molar-refractivity contribution in [2.45, 2.75) is 37.3 Å². The summed E-state index contributed by atoms with van der Waals surface area (Å²) in [5.74, 6) is 0. The molecule has 7 heteroatoms. The predicted molar refractivity (Wildman–Crippen MR) is 78.9 cm³/mol. The van der Waals surface area contributed by atoms with E-state index in [1.165, 1.54) is 13.1 Å². The van der Waals surface area contributed by atoms with Crippen molar-refractivity contribution < 1.29 is 13.5 Å². The lowest BCUT2D eigenvalue weighted by molar-refractivity contribution is -0.0511. The zero-order valence-corrected chi connectivity index (χ0v) is 12.7. The minimum Gasteiger partial charge on any atom is -0.399 e. The Balaban J connectivity index is 2.34. The molecule has 20 heavy (non-hydrogen) atoms. The third-order valence-electron chi connectivity index (χ3n) is 4.11. The lowest BCUT2D eigenvalue weighted by Gasteiger charge is -2.50. The molecule has 1 aliphatic rings. The van der Waals surface area contributed by atoms with Crippen molar-refractivity contribution in [1.29, 1.82) is 0 Å². The van der Waals surface area contributed by atoms with Crippen molar-refractivity contribution in [3.63, 3.8) is 0 Å². The maximum absolute atomic E-state index is 12.0. The van der Waals surface area contributed by atoms with Crippen molar-refractivity contribution in [3.05, 3.63) is 18.2 Å². The molecular weight excluding hydrogens is 278 g/mol. The fourth-order valence-electron chi connectivity index (χ4n) is 2.33. The SMILES string of the molecule is CNS(=O)(=O)c1cc(N)ccc1NC1CC(O)C1(C)C. The number of aliphatic hydroxyl groups is 1. The Hall–Kier alpha value is -1.31. The van der Waals surface area contributed by atoms with E-state index in [2.05, 4.69) is 10.0 Å². The molecule has 0 heterocycles. The molecule has 0 bridgehead atoms. The Morgan fingerprint density at radius 1 is 1.40 bits per heavy atom. The maximum atomic E-state index is 12.0. The van der Waals surface area contributed by atoms with Crippen molar-refractivity contribution in [1.82, 2.24) is 4.72 Å². The van der Waals surface area contributed by atoms with E-state index >= 15 is 0 Å². The van der Waals surface area contributed by atoms with Gasteiger partial charge in [-0.25, -0.2) is 13.1 Å². The second-order valence-electron chi connectivity index (χ2n) is 5.73. The van der Waals surface area contributed by atoms with Crippen LogP contribution in [-0.2, 0) is 10.0 Å². The number of nitrogens with one attached hydrogen (secondary N) is 2. The first kappa shape index (κ1) is 15.1. The molecule has 112 valence electrons. The Morgan fingerprint density at radius 3 is 2.55 bits per heavy atom. The fraction of sp³-hybridized carbons (Fsp3) is 0.538. The third kappa shape index (κ3) is 2.48. The fourth-order valence-corrected chi connectivity index (χ4v) is 3.25. The molecule has 0 aromatic heterocycles. The van der Waals surface area contributed by atoms with E-state index in [-0.39, 0.29) is 22.5 Å². The van der Waals surface area contributed by atoms with Crippen molar-refractivity contribution >= 4 is 21.4 Å². The number of nitrogens with two attached hydrogens (primary N) is 1. The summed E-state index contributed by atoms with van der Waals surface area (Å²) < 4.78 is 26.4. The molecule has 1 aromatic carbocycles. The normalized spacial score (nSPS) is 25.0. The van der Waals surface area contributed by atoms with Crippen LogP contribution in [0, 0.1) is 5.41 Å². The predicted octanol–water partition coefficient (Wildman–Crippen LogP) is 0.748. The van der Waals surface area contributed by atoms with Gasteiger partial charge in [-0.2, -0.15) is 0 Å². The van der Waals surface area contributed by atoms with E-state index < -0.39 is 10.0 Å². The van der Waals surface area contributed by atoms with Crippen LogP contribution in [0.5, 0.6) is 0 Å². The van der Waals surface area contributed by atoms with Gasteiger partial charge in [0.2, 0.25) is 10.0 Å². The van der Waals surface area contributed by atoms with Gasteiger partial charge in [0, 0.05) is 17.1 Å². The molecule has 2 unspecified atom stereocenters. The quantitative estimate of drug-likeness (QED) is 0.614. The molecule has 0 amide bonds. The van der Waals surface area contributed by atoms with E-state index in [0.29, 0.717) is 17.8 Å². The van der Waals surface area contributed by atoms with Crippen molar-refractivity contribution in [2.24, 2.45) is 5.41 Å². The largest absolute Gasteiger partial charge is 0.399 e. The van der Waals surface area contributed by atoms with E-state index in [1.807, 2.05) is 13.8 Å². The number of hydrogen-bond donors (Lipinski definition) is 4. The van der Waals surface area contributed by atoms with Crippen LogP contribution < -0.4 is 15.8 Å². The van der Waals surface area contributed by atoms with Crippen molar-refractivity contribution in [3.8, 4) is 0 Å². The van der Waals surface area contributed by atoms with Crippen LogP contribution in [0.1, 0.15) is 20.3 Å². The van der Waals surface area contributed by atoms with Crippen LogP contribution in [-0.4, -0.2) is 32.7 Å². The Labute approximate surface area is 119 Å². The summed E-state index contributed by atoms with van der Waals surface area (Å²) in [4.78, 5) is 0.122. The van der Waals surface area contributed by atoms with Crippen LogP contribution in [0.25, 0.3) is 0 Å². The molecule has 1 saturated carbocycles. The van der Waals surface area contributed by atoms with E-state index in [0.717, 1.165) is 0 Å². The summed E-state index contributed by atoms with van der Waals surface area (Å²) in [5, 5.41) is 13.0. The van der Waals surface area contributed by atoms with E-state index in [4.69, 9.17) is 5.73 Å². The second-order valence-corrected chi connectivity index (χ2v) is 7.59. The van der Waals surface area contributed by atoms with Gasteiger partial charge in [-0.3, -0.25) is 0 Å². The van der Waals surface area contributed by atoms with Crippen LogP contribution in [0.3, 0.4) is 0 Å². The summed E-state index contributed by atoms with van der Waals surface area (Å²) in [6.07, 6.45) is 0.217. The number of hydrogen-bond acceptors (Lipinski definition) is 5. The molecular formula is C13H21N3O3S. The van der Waals surface area contributed by atoms with Gasteiger partial charge in [-0.1, -0.05) is 13.8 Å². The van der Waals surface area contributed by atoms with Gasteiger partial charge in [-0.05, 0) is 31.7 Å². The molecule has 1 aliphatic carbocycles. The highest BCUT2D eigenvalue weighted by atomic mass is 32.2. The van der Waals surface area contributed by atoms with Gasteiger partial charge in [0.15, 0.2) is 0 Å². The number of aliphatic hydroxyl groups excluding tert-OH is 1. The minimum atomic E-state index is -3.59. The lowest BCUT2D eigenvalue weighted by atomic mass is 9.64. The molecule has 0 saturated heterocycles. The Kier molecular flexibility index (Phi) is 3.70. The average Bonchev–Trinajstić information content (AvgIpc) is 2.40. The van der Waals surface area contributed by atoms with Gasteiger partial charge in [0.25, 0.3) is 0 Å². The molecule has 1 aromatic rings. The maximum Gasteiger partial charge on any atom is 0.242 e. The number of benzene rings is 1. The number of anilines is 2. The second kappa shape index (κ2) is 4.91. The van der Waals surface area contributed by atoms with Gasteiger partial charge >= 0.3 is 0 Å². The number of sulfonamides is 1. The van der Waals surface area contributed by atoms with Crippen LogP contribution >= 0.6 is 0 Å². The van der Waals surface area contributed by atoms with Crippen LogP contribution in [0.4, 0.5) is 11.4 Å².